The molecular formula is C14H17N3O3. The van der Waals surface area contributed by atoms with Gasteiger partial charge in [-0.25, -0.2) is 0 Å². The van der Waals surface area contributed by atoms with Gasteiger partial charge in [0.05, 0.1) is 22.7 Å². The Hall–Kier alpha value is -2.13. The van der Waals surface area contributed by atoms with Gasteiger partial charge in [0.15, 0.2) is 0 Å². The van der Waals surface area contributed by atoms with Gasteiger partial charge in [0.1, 0.15) is 5.69 Å². The molecule has 0 radical (unpaired) electrons. The SMILES string of the molecule is N#Cc1ccc(NCC(O)C2CCCC2)c([N+](=O)[O-])c1. The molecule has 1 aromatic carbocycles. The molecule has 6 nitrogen and oxygen atoms in total. The highest BCUT2D eigenvalue weighted by atomic mass is 16.6. The Morgan fingerprint density at radius 3 is 2.80 bits per heavy atom. The van der Waals surface area contributed by atoms with Gasteiger partial charge in [-0.3, -0.25) is 10.1 Å². The highest BCUT2D eigenvalue weighted by Gasteiger charge is 2.23. The van der Waals surface area contributed by atoms with Gasteiger partial charge in [-0.05, 0) is 30.9 Å². The molecule has 2 rings (SSSR count). The van der Waals surface area contributed by atoms with E-state index in [-0.39, 0.29) is 23.7 Å². The van der Waals surface area contributed by atoms with Crippen molar-refractivity contribution in [2.24, 2.45) is 5.92 Å². The summed E-state index contributed by atoms with van der Waals surface area (Å²) in [4.78, 5) is 10.5. The molecular weight excluding hydrogens is 258 g/mol. The van der Waals surface area contributed by atoms with Crippen LogP contribution in [-0.4, -0.2) is 22.7 Å². The zero-order valence-electron chi connectivity index (χ0n) is 11.1. The van der Waals surface area contributed by atoms with Crippen LogP contribution in [0, 0.1) is 27.4 Å². The number of nitro groups is 1. The van der Waals surface area contributed by atoms with Crippen LogP contribution in [0.5, 0.6) is 0 Å². The molecule has 0 aliphatic heterocycles. The van der Waals surface area contributed by atoms with E-state index < -0.39 is 11.0 Å². The van der Waals surface area contributed by atoms with Gasteiger partial charge < -0.3 is 10.4 Å². The van der Waals surface area contributed by atoms with E-state index in [0.29, 0.717) is 5.69 Å². The van der Waals surface area contributed by atoms with E-state index in [9.17, 15) is 15.2 Å². The van der Waals surface area contributed by atoms with Crippen molar-refractivity contribution in [3.8, 4) is 6.07 Å². The summed E-state index contributed by atoms with van der Waals surface area (Å²) in [7, 11) is 0. The molecule has 20 heavy (non-hydrogen) atoms. The fraction of sp³-hybridized carbons (Fsp3) is 0.500. The molecule has 1 atom stereocenters. The molecule has 106 valence electrons. The van der Waals surface area contributed by atoms with Gasteiger partial charge in [-0.1, -0.05) is 12.8 Å². The maximum Gasteiger partial charge on any atom is 0.293 e. The maximum absolute atomic E-state index is 11.0. The molecule has 0 spiro atoms. The molecule has 0 heterocycles. The summed E-state index contributed by atoms with van der Waals surface area (Å²) in [6, 6.07) is 6.15. The fourth-order valence-corrected chi connectivity index (χ4v) is 2.63. The third-order valence-electron chi connectivity index (χ3n) is 3.77. The predicted molar refractivity (Wildman–Crippen MR) is 74.3 cm³/mol. The largest absolute Gasteiger partial charge is 0.391 e. The zero-order valence-corrected chi connectivity index (χ0v) is 11.1. The molecule has 0 saturated heterocycles. The summed E-state index contributed by atoms with van der Waals surface area (Å²) in [5.74, 6) is 0.278. The van der Waals surface area contributed by atoms with Gasteiger partial charge in [0.25, 0.3) is 5.69 Å². The van der Waals surface area contributed by atoms with Gasteiger partial charge in [0.2, 0.25) is 0 Å². The lowest BCUT2D eigenvalue weighted by atomic mass is 10.0. The summed E-state index contributed by atoms with van der Waals surface area (Å²) in [6.07, 6.45) is 3.81. The van der Waals surface area contributed by atoms with Gasteiger partial charge in [-0.2, -0.15) is 5.26 Å². The van der Waals surface area contributed by atoms with Crippen LogP contribution in [0.1, 0.15) is 31.2 Å². The van der Waals surface area contributed by atoms with Crippen molar-refractivity contribution < 1.29 is 10.0 Å². The van der Waals surface area contributed by atoms with Gasteiger partial charge in [-0.15, -0.1) is 0 Å². The van der Waals surface area contributed by atoms with Crippen LogP contribution >= 0.6 is 0 Å². The second-order valence-electron chi connectivity index (χ2n) is 5.09. The normalized spacial score (nSPS) is 16.6. The summed E-state index contributed by atoms with van der Waals surface area (Å²) in [5.41, 5.74) is 0.451. The molecule has 1 unspecified atom stereocenters. The van der Waals surface area contributed by atoms with Crippen LogP contribution in [0.3, 0.4) is 0 Å². The summed E-state index contributed by atoms with van der Waals surface area (Å²) in [5, 5.41) is 32.7. The Labute approximate surface area is 117 Å². The number of nitrogens with one attached hydrogen (secondary N) is 1. The molecule has 0 bridgehead atoms. The molecule has 2 N–H and O–H groups in total. The van der Waals surface area contributed by atoms with Crippen molar-refractivity contribution in [2.45, 2.75) is 31.8 Å². The number of nitriles is 1. The highest BCUT2D eigenvalue weighted by Crippen LogP contribution is 2.29. The summed E-state index contributed by atoms with van der Waals surface area (Å²) in [6.45, 7) is 0.289. The lowest BCUT2D eigenvalue weighted by Crippen LogP contribution is -2.26. The number of benzene rings is 1. The minimum atomic E-state index is -0.523. The molecule has 1 aliphatic rings. The summed E-state index contributed by atoms with van der Waals surface area (Å²) >= 11 is 0. The number of nitro benzene ring substituents is 1. The molecule has 1 aromatic rings. The first kappa shape index (κ1) is 14.3. The topological polar surface area (TPSA) is 99.2 Å². The second kappa shape index (κ2) is 6.35. The number of nitrogens with zero attached hydrogens (tertiary/aromatic N) is 2. The fourth-order valence-electron chi connectivity index (χ4n) is 2.63. The van der Waals surface area contributed by atoms with Crippen molar-refractivity contribution >= 4 is 11.4 Å². The second-order valence-corrected chi connectivity index (χ2v) is 5.09. The third-order valence-corrected chi connectivity index (χ3v) is 3.77. The molecule has 1 fully saturated rings. The van der Waals surface area contributed by atoms with Crippen molar-refractivity contribution in [2.75, 3.05) is 11.9 Å². The lowest BCUT2D eigenvalue weighted by Gasteiger charge is -2.18. The van der Waals surface area contributed by atoms with E-state index in [0.717, 1.165) is 25.7 Å². The number of hydrogen-bond donors (Lipinski definition) is 2. The number of anilines is 1. The standard InChI is InChI=1S/C14H17N3O3/c15-8-10-5-6-12(13(7-10)17(19)20)16-9-14(18)11-3-1-2-4-11/h5-7,11,14,16,18H,1-4,9H2. The number of aliphatic hydroxyl groups excluding tert-OH is 1. The van der Waals surface area contributed by atoms with E-state index in [1.165, 1.54) is 18.2 Å². The lowest BCUT2D eigenvalue weighted by molar-refractivity contribution is -0.384. The van der Waals surface area contributed by atoms with E-state index in [2.05, 4.69) is 5.32 Å². The minimum Gasteiger partial charge on any atom is -0.391 e. The van der Waals surface area contributed by atoms with Crippen molar-refractivity contribution in [1.82, 2.24) is 0 Å². The zero-order chi connectivity index (χ0) is 14.5. The first-order chi connectivity index (χ1) is 9.61. The first-order valence-electron chi connectivity index (χ1n) is 6.72. The van der Waals surface area contributed by atoms with Gasteiger partial charge >= 0.3 is 0 Å². The van der Waals surface area contributed by atoms with Crippen LogP contribution < -0.4 is 5.32 Å². The molecule has 0 aromatic heterocycles. The van der Waals surface area contributed by atoms with E-state index in [1.807, 2.05) is 6.07 Å². The van der Waals surface area contributed by atoms with Crippen LogP contribution in [0.4, 0.5) is 11.4 Å². The average Bonchev–Trinajstić information content (AvgIpc) is 2.98. The Kier molecular flexibility index (Phi) is 4.53. The predicted octanol–water partition coefficient (Wildman–Crippen LogP) is 2.43. The van der Waals surface area contributed by atoms with Crippen molar-refractivity contribution in [1.29, 1.82) is 5.26 Å². The van der Waals surface area contributed by atoms with Gasteiger partial charge in [0, 0.05) is 12.6 Å². The monoisotopic (exact) mass is 275 g/mol. The molecule has 6 heteroatoms. The van der Waals surface area contributed by atoms with Crippen LogP contribution in [0.2, 0.25) is 0 Å². The number of hydrogen-bond acceptors (Lipinski definition) is 5. The molecule has 1 aliphatic carbocycles. The third kappa shape index (κ3) is 3.25. The van der Waals surface area contributed by atoms with Crippen LogP contribution in [0.15, 0.2) is 18.2 Å². The molecule has 0 amide bonds. The maximum atomic E-state index is 11.0. The first-order valence-corrected chi connectivity index (χ1v) is 6.72. The average molecular weight is 275 g/mol. The Balaban J connectivity index is 2.05. The Morgan fingerprint density at radius 1 is 1.50 bits per heavy atom. The van der Waals surface area contributed by atoms with E-state index in [4.69, 9.17) is 5.26 Å². The molecule has 1 saturated carbocycles. The van der Waals surface area contributed by atoms with Crippen LogP contribution in [0.25, 0.3) is 0 Å². The highest BCUT2D eigenvalue weighted by molar-refractivity contribution is 5.64. The van der Waals surface area contributed by atoms with E-state index in [1.54, 1.807) is 0 Å². The smallest absolute Gasteiger partial charge is 0.293 e. The van der Waals surface area contributed by atoms with Crippen molar-refractivity contribution in [3.05, 3.63) is 33.9 Å². The quantitative estimate of drug-likeness (QED) is 0.635. The minimum absolute atomic E-state index is 0.136. The number of aliphatic hydroxyl groups is 1. The van der Waals surface area contributed by atoms with E-state index >= 15 is 0 Å². The Bertz CT molecular complexity index is 533. The number of rotatable bonds is 5. The van der Waals surface area contributed by atoms with Crippen molar-refractivity contribution in [3.63, 3.8) is 0 Å². The summed E-state index contributed by atoms with van der Waals surface area (Å²) < 4.78 is 0. The van der Waals surface area contributed by atoms with Crippen LogP contribution in [-0.2, 0) is 0 Å². The Morgan fingerprint density at radius 2 is 2.20 bits per heavy atom.